The van der Waals surface area contributed by atoms with Gasteiger partial charge in [0.25, 0.3) is 5.91 Å². The summed E-state index contributed by atoms with van der Waals surface area (Å²) < 4.78 is 1.41. The quantitative estimate of drug-likeness (QED) is 0.684. The van der Waals surface area contributed by atoms with Crippen LogP contribution in [0.4, 0.5) is 0 Å². The summed E-state index contributed by atoms with van der Waals surface area (Å²) in [6.07, 6.45) is 2.21. The van der Waals surface area contributed by atoms with Gasteiger partial charge in [-0.2, -0.15) is 0 Å². The van der Waals surface area contributed by atoms with Crippen LogP contribution in [-0.4, -0.2) is 15.5 Å². The van der Waals surface area contributed by atoms with Crippen molar-refractivity contribution in [2.24, 2.45) is 5.92 Å². The highest BCUT2D eigenvalue weighted by Crippen LogP contribution is 2.41. The molecule has 0 spiro atoms. The van der Waals surface area contributed by atoms with E-state index >= 15 is 0 Å². The minimum absolute atomic E-state index is 0.0157. The van der Waals surface area contributed by atoms with Crippen LogP contribution in [0, 0.1) is 5.92 Å². The predicted octanol–water partition coefficient (Wildman–Crippen LogP) is 2.59. The first-order valence-electron chi connectivity index (χ1n) is 9.21. The lowest BCUT2D eigenvalue weighted by Crippen LogP contribution is -2.36. The first kappa shape index (κ1) is 17.3. The molecule has 27 heavy (non-hydrogen) atoms. The molecule has 1 saturated carbocycles. The molecule has 3 aromatic rings. The number of aromatic amines is 1. The van der Waals surface area contributed by atoms with Crippen LogP contribution < -0.4 is 16.4 Å². The molecule has 1 amide bonds. The summed E-state index contributed by atoms with van der Waals surface area (Å²) >= 11 is 0. The van der Waals surface area contributed by atoms with Gasteiger partial charge in [-0.15, -0.1) is 0 Å². The van der Waals surface area contributed by atoms with E-state index in [9.17, 15) is 14.4 Å². The fraction of sp³-hybridized carbons (Fsp3) is 0.286. The number of hydrogen-bond acceptors (Lipinski definition) is 3. The number of hydrogen-bond donors (Lipinski definition) is 2. The molecule has 6 heteroatoms. The number of nitrogens with zero attached hydrogens (tertiary/aromatic N) is 1. The summed E-state index contributed by atoms with van der Waals surface area (Å²) in [7, 11) is 0. The van der Waals surface area contributed by atoms with E-state index in [1.54, 1.807) is 25.1 Å². The molecule has 1 aliphatic carbocycles. The Labute approximate surface area is 155 Å². The molecule has 2 N–H and O–H groups in total. The molecule has 1 fully saturated rings. The molecule has 2 aromatic carbocycles. The highest BCUT2D eigenvalue weighted by molar-refractivity contribution is 5.97. The van der Waals surface area contributed by atoms with Crippen molar-refractivity contribution in [1.29, 1.82) is 0 Å². The highest BCUT2D eigenvalue weighted by Gasteiger charge is 2.33. The number of aryl methyl sites for hydroxylation is 1. The Kier molecular flexibility index (Phi) is 4.39. The number of carbonyl (C=O) groups excluding carboxylic acids is 1. The number of carbonyl (C=O) groups is 1. The van der Waals surface area contributed by atoms with Crippen molar-refractivity contribution in [3.63, 3.8) is 0 Å². The van der Waals surface area contributed by atoms with Crippen LogP contribution >= 0.6 is 0 Å². The molecule has 0 bridgehead atoms. The van der Waals surface area contributed by atoms with Crippen molar-refractivity contribution in [2.75, 3.05) is 0 Å². The van der Waals surface area contributed by atoms with E-state index in [0.717, 1.165) is 18.4 Å². The van der Waals surface area contributed by atoms with E-state index in [4.69, 9.17) is 0 Å². The largest absolute Gasteiger partial charge is 0.345 e. The number of benzene rings is 2. The average Bonchev–Trinajstić information content (AvgIpc) is 3.52. The van der Waals surface area contributed by atoms with Crippen LogP contribution in [0.3, 0.4) is 0 Å². The summed E-state index contributed by atoms with van der Waals surface area (Å²) in [5.74, 6) is 0.273. The predicted molar refractivity (Wildman–Crippen MR) is 104 cm³/mol. The van der Waals surface area contributed by atoms with Crippen LogP contribution in [0.1, 0.15) is 41.7 Å². The zero-order chi connectivity index (χ0) is 19.0. The maximum Gasteiger partial charge on any atom is 0.316 e. The van der Waals surface area contributed by atoms with E-state index in [-0.39, 0.29) is 11.9 Å². The Balaban J connectivity index is 1.67. The smallest absolute Gasteiger partial charge is 0.316 e. The summed E-state index contributed by atoms with van der Waals surface area (Å²) in [4.78, 5) is 39.2. The van der Waals surface area contributed by atoms with Crippen molar-refractivity contribution in [1.82, 2.24) is 14.9 Å². The van der Waals surface area contributed by atoms with Gasteiger partial charge in [0.15, 0.2) is 0 Å². The minimum Gasteiger partial charge on any atom is -0.345 e. The second-order valence-electron chi connectivity index (χ2n) is 6.93. The van der Waals surface area contributed by atoms with Crippen LogP contribution in [0.25, 0.3) is 11.0 Å². The van der Waals surface area contributed by atoms with Gasteiger partial charge in [-0.3, -0.25) is 14.4 Å². The van der Waals surface area contributed by atoms with Gasteiger partial charge < -0.3 is 14.9 Å². The highest BCUT2D eigenvalue weighted by atomic mass is 16.2. The Morgan fingerprint density at radius 1 is 1.19 bits per heavy atom. The number of H-pyrrole nitrogens is 1. The first-order chi connectivity index (χ1) is 13.1. The van der Waals surface area contributed by atoms with E-state index in [0.29, 0.717) is 29.1 Å². The molecule has 0 radical (unpaired) electrons. The van der Waals surface area contributed by atoms with Crippen molar-refractivity contribution in [3.05, 3.63) is 80.4 Å². The number of amides is 1. The van der Waals surface area contributed by atoms with Gasteiger partial charge in [0.2, 0.25) is 0 Å². The molecular weight excluding hydrogens is 342 g/mol. The zero-order valence-corrected chi connectivity index (χ0v) is 15.1. The summed E-state index contributed by atoms with van der Waals surface area (Å²) in [5.41, 5.74) is 1.39. The minimum atomic E-state index is -0.679. The molecule has 0 saturated heterocycles. The van der Waals surface area contributed by atoms with Gasteiger partial charge in [-0.1, -0.05) is 30.3 Å². The maximum atomic E-state index is 12.8. The van der Waals surface area contributed by atoms with Crippen LogP contribution in [0.2, 0.25) is 0 Å². The summed E-state index contributed by atoms with van der Waals surface area (Å²) in [5, 5.41) is 3.13. The Bertz CT molecular complexity index is 1110. The molecule has 1 aliphatic rings. The first-order valence-corrected chi connectivity index (χ1v) is 9.21. The molecule has 6 nitrogen and oxygen atoms in total. The lowest BCUT2D eigenvalue weighted by atomic mass is 10.0. The number of aromatic nitrogens is 2. The van der Waals surface area contributed by atoms with Crippen LogP contribution in [0.15, 0.2) is 58.1 Å². The van der Waals surface area contributed by atoms with E-state index in [2.05, 4.69) is 10.3 Å². The second kappa shape index (κ2) is 6.87. The molecule has 0 aliphatic heterocycles. The number of fused-ring (bicyclic) bond motifs is 1. The number of nitrogens with one attached hydrogen (secondary N) is 2. The van der Waals surface area contributed by atoms with Crippen molar-refractivity contribution in [3.8, 4) is 0 Å². The van der Waals surface area contributed by atoms with Gasteiger partial charge >= 0.3 is 11.1 Å². The van der Waals surface area contributed by atoms with Crippen molar-refractivity contribution < 1.29 is 4.79 Å². The van der Waals surface area contributed by atoms with Gasteiger partial charge in [-0.05, 0) is 49.4 Å². The van der Waals surface area contributed by atoms with Crippen molar-refractivity contribution in [2.45, 2.75) is 32.4 Å². The lowest BCUT2D eigenvalue weighted by Gasteiger charge is -2.19. The molecule has 4 rings (SSSR count). The Hall–Kier alpha value is -3.15. The van der Waals surface area contributed by atoms with E-state index in [1.165, 1.54) is 4.57 Å². The van der Waals surface area contributed by atoms with Gasteiger partial charge in [0.05, 0.1) is 17.1 Å². The van der Waals surface area contributed by atoms with Gasteiger partial charge in [-0.25, -0.2) is 0 Å². The fourth-order valence-electron chi connectivity index (χ4n) is 3.52. The Morgan fingerprint density at radius 3 is 2.59 bits per heavy atom. The fourth-order valence-corrected chi connectivity index (χ4v) is 3.52. The monoisotopic (exact) mass is 363 g/mol. The van der Waals surface area contributed by atoms with Crippen LogP contribution in [-0.2, 0) is 6.54 Å². The third-order valence-electron chi connectivity index (χ3n) is 5.09. The molecular formula is C21H21N3O3. The summed E-state index contributed by atoms with van der Waals surface area (Å²) in [6, 6.07) is 15.0. The normalized spacial score (nSPS) is 14.9. The average molecular weight is 363 g/mol. The lowest BCUT2D eigenvalue weighted by molar-refractivity contribution is 0.0932. The van der Waals surface area contributed by atoms with Crippen LogP contribution in [0.5, 0.6) is 0 Å². The third-order valence-corrected chi connectivity index (χ3v) is 5.09. The number of rotatable bonds is 5. The topological polar surface area (TPSA) is 84.0 Å². The van der Waals surface area contributed by atoms with E-state index in [1.807, 2.05) is 30.3 Å². The molecule has 1 aromatic heterocycles. The molecule has 1 heterocycles. The Morgan fingerprint density at radius 2 is 1.93 bits per heavy atom. The molecule has 0 unspecified atom stereocenters. The zero-order valence-electron chi connectivity index (χ0n) is 15.1. The standard InChI is InChI=1S/C21H21N3O3/c1-2-24-17-11-10-15(12-16(17)22-20(26)21(24)27)19(25)23-18(14-8-9-14)13-6-4-3-5-7-13/h3-7,10-12,14,18H,2,8-9H2,1H3,(H,22,26)(H,23,25)/t18-/m1/s1. The maximum absolute atomic E-state index is 12.8. The van der Waals surface area contributed by atoms with E-state index < -0.39 is 11.1 Å². The van der Waals surface area contributed by atoms with Crippen molar-refractivity contribution >= 4 is 16.9 Å². The molecule has 1 atom stereocenters. The summed E-state index contributed by atoms with van der Waals surface area (Å²) in [6.45, 7) is 2.20. The second-order valence-corrected chi connectivity index (χ2v) is 6.93. The van der Waals surface area contributed by atoms with Gasteiger partial charge in [0, 0.05) is 12.1 Å². The van der Waals surface area contributed by atoms with Gasteiger partial charge in [0.1, 0.15) is 0 Å². The third kappa shape index (κ3) is 3.30. The molecule has 138 valence electrons. The SMILES string of the molecule is CCn1c(=O)c(=O)[nH]c2cc(C(=O)N[C@H](c3ccccc3)C3CC3)ccc21.